The van der Waals surface area contributed by atoms with Crippen molar-refractivity contribution in [2.45, 2.75) is 20.8 Å². The monoisotopic (exact) mass is 227 g/mol. The zero-order valence-electron chi connectivity index (χ0n) is 9.32. The zero-order chi connectivity index (χ0) is 11.5. The fraction of sp³-hybridized carbons (Fsp3) is 0.455. The van der Waals surface area contributed by atoms with Gasteiger partial charge in [0.05, 0.1) is 5.75 Å². The molecule has 15 heavy (non-hydrogen) atoms. The molecule has 3 nitrogen and oxygen atoms in total. The summed E-state index contributed by atoms with van der Waals surface area (Å²) in [5.74, 6) is 0.120. The van der Waals surface area contributed by atoms with Crippen LogP contribution in [0.4, 0.5) is 5.69 Å². The summed E-state index contributed by atoms with van der Waals surface area (Å²) in [4.78, 5) is 0. The van der Waals surface area contributed by atoms with Gasteiger partial charge in [0.15, 0.2) is 0 Å². The average Bonchev–Trinajstić information content (AvgIpc) is 1.99. The summed E-state index contributed by atoms with van der Waals surface area (Å²) in [6.07, 6.45) is 0. The Morgan fingerprint density at radius 2 is 1.67 bits per heavy atom. The van der Waals surface area contributed by atoms with Crippen LogP contribution in [0.15, 0.2) is 30.3 Å². The molecule has 1 aromatic rings. The van der Waals surface area contributed by atoms with Gasteiger partial charge in [0.2, 0.25) is 10.0 Å². The van der Waals surface area contributed by atoms with Crippen molar-refractivity contribution in [2.75, 3.05) is 10.5 Å². The minimum Gasteiger partial charge on any atom is -0.284 e. The van der Waals surface area contributed by atoms with Crippen LogP contribution in [0.2, 0.25) is 0 Å². The van der Waals surface area contributed by atoms with Crippen molar-refractivity contribution in [3.63, 3.8) is 0 Å². The third-order valence-corrected chi connectivity index (χ3v) is 3.46. The van der Waals surface area contributed by atoms with E-state index in [4.69, 9.17) is 0 Å². The topological polar surface area (TPSA) is 46.2 Å². The van der Waals surface area contributed by atoms with E-state index in [0.717, 1.165) is 0 Å². The molecule has 0 saturated carbocycles. The predicted molar refractivity (Wildman–Crippen MR) is 63.3 cm³/mol. The number of hydrogen-bond donors (Lipinski definition) is 1. The second kappa shape index (κ2) is 4.23. The molecule has 1 aromatic carbocycles. The molecule has 0 amide bonds. The van der Waals surface area contributed by atoms with Gasteiger partial charge in [0, 0.05) is 5.69 Å². The summed E-state index contributed by atoms with van der Waals surface area (Å²) in [5.41, 5.74) is 0.377. The molecule has 84 valence electrons. The molecular weight excluding hydrogens is 210 g/mol. The lowest BCUT2D eigenvalue weighted by atomic mass is 10.0. The molecule has 1 N–H and O–H groups in total. The summed E-state index contributed by atoms with van der Waals surface area (Å²) < 4.78 is 26.0. The van der Waals surface area contributed by atoms with E-state index in [0.29, 0.717) is 5.69 Å². The van der Waals surface area contributed by atoms with Crippen LogP contribution in [-0.4, -0.2) is 14.2 Å². The number of nitrogens with one attached hydrogen (secondary N) is 1. The quantitative estimate of drug-likeness (QED) is 0.862. The van der Waals surface area contributed by atoms with E-state index in [-0.39, 0.29) is 11.2 Å². The zero-order valence-corrected chi connectivity index (χ0v) is 10.1. The van der Waals surface area contributed by atoms with Gasteiger partial charge >= 0.3 is 0 Å². The molecule has 0 atom stereocenters. The average molecular weight is 227 g/mol. The van der Waals surface area contributed by atoms with E-state index in [1.54, 1.807) is 24.3 Å². The lowest BCUT2D eigenvalue weighted by molar-refractivity contribution is 0.463. The minimum atomic E-state index is -3.24. The van der Waals surface area contributed by atoms with E-state index in [1.807, 2.05) is 26.8 Å². The van der Waals surface area contributed by atoms with Crippen LogP contribution in [0, 0.1) is 5.41 Å². The molecule has 0 radical (unpaired) electrons. The SMILES string of the molecule is CC(C)(C)CS(=O)(=O)Nc1ccccc1. The lowest BCUT2D eigenvalue weighted by Gasteiger charge is -2.18. The van der Waals surface area contributed by atoms with Gasteiger partial charge in [-0.05, 0) is 17.5 Å². The summed E-state index contributed by atoms with van der Waals surface area (Å²) in [6, 6.07) is 8.92. The first-order valence-electron chi connectivity index (χ1n) is 4.84. The molecule has 0 aliphatic heterocycles. The van der Waals surface area contributed by atoms with Crippen molar-refractivity contribution in [1.82, 2.24) is 0 Å². The Hall–Kier alpha value is -1.03. The van der Waals surface area contributed by atoms with Crippen LogP contribution in [0.25, 0.3) is 0 Å². The van der Waals surface area contributed by atoms with Crippen molar-refractivity contribution in [3.8, 4) is 0 Å². The number of sulfonamides is 1. The normalized spacial score (nSPS) is 12.5. The highest BCUT2D eigenvalue weighted by atomic mass is 32.2. The van der Waals surface area contributed by atoms with E-state index < -0.39 is 10.0 Å². The van der Waals surface area contributed by atoms with Crippen LogP contribution >= 0.6 is 0 Å². The van der Waals surface area contributed by atoms with Crippen molar-refractivity contribution in [2.24, 2.45) is 5.41 Å². The Morgan fingerprint density at radius 1 is 1.13 bits per heavy atom. The molecule has 1 rings (SSSR count). The van der Waals surface area contributed by atoms with Crippen molar-refractivity contribution in [1.29, 1.82) is 0 Å². The van der Waals surface area contributed by atoms with Crippen LogP contribution in [0.1, 0.15) is 20.8 Å². The number of anilines is 1. The maximum atomic E-state index is 11.7. The minimum absolute atomic E-state index is 0.120. The third kappa shape index (κ3) is 4.83. The van der Waals surface area contributed by atoms with Crippen LogP contribution in [-0.2, 0) is 10.0 Å². The van der Waals surface area contributed by atoms with Gasteiger partial charge in [-0.15, -0.1) is 0 Å². The molecule has 0 fully saturated rings. The highest BCUT2D eigenvalue weighted by Crippen LogP contribution is 2.18. The summed E-state index contributed by atoms with van der Waals surface area (Å²) in [7, 11) is -3.24. The predicted octanol–water partition coefficient (Wildman–Crippen LogP) is 2.47. The largest absolute Gasteiger partial charge is 0.284 e. The fourth-order valence-corrected chi connectivity index (χ4v) is 3.00. The maximum absolute atomic E-state index is 11.7. The second-order valence-electron chi connectivity index (χ2n) is 4.79. The Labute approximate surface area is 91.6 Å². The molecule has 4 heteroatoms. The summed E-state index contributed by atoms with van der Waals surface area (Å²) in [6.45, 7) is 5.70. The first-order chi connectivity index (χ1) is 6.79. The number of hydrogen-bond acceptors (Lipinski definition) is 2. The molecule has 0 aliphatic rings. The fourth-order valence-electron chi connectivity index (χ4n) is 1.29. The first-order valence-corrected chi connectivity index (χ1v) is 6.49. The molecule has 0 aromatic heterocycles. The Morgan fingerprint density at radius 3 is 2.13 bits per heavy atom. The summed E-state index contributed by atoms with van der Waals surface area (Å²) >= 11 is 0. The molecule has 0 bridgehead atoms. The van der Waals surface area contributed by atoms with E-state index in [1.165, 1.54) is 0 Å². The Balaban J connectivity index is 2.74. The van der Waals surface area contributed by atoms with E-state index in [9.17, 15) is 8.42 Å². The van der Waals surface area contributed by atoms with Gasteiger partial charge in [0.1, 0.15) is 0 Å². The lowest BCUT2D eigenvalue weighted by Crippen LogP contribution is -2.26. The van der Waals surface area contributed by atoms with Crippen LogP contribution in [0.3, 0.4) is 0 Å². The Bertz CT molecular complexity index is 404. The molecule has 0 unspecified atom stereocenters. The van der Waals surface area contributed by atoms with Crippen LogP contribution < -0.4 is 4.72 Å². The van der Waals surface area contributed by atoms with Gasteiger partial charge in [0.25, 0.3) is 0 Å². The van der Waals surface area contributed by atoms with Gasteiger partial charge < -0.3 is 0 Å². The molecule has 0 spiro atoms. The molecular formula is C11H17NO2S. The molecule has 0 aliphatic carbocycles. The van der Waals surface area contributed by atoms with Crippen molar-refractivity contribution < 1.29 is 8.42 Å². The van der Waals surface area contributed by atoms with Gasteiger partial charge in [-0.2, -0.15) is 0 Å². The standard InChI is InChI=1S/C11H17NO2S/c1-11(2,3)9-15(13,14)12-10-7-5-4-6-8-10/h4-8,12H,9H2,1-3H3. The third-order valence-electron chi connectivity index (χ3n) is 1.67. The number of rotatable bonds is 3. The van der Waals surface area contributed by atoms with Gasteiger partial charge in [-0.1, -0.05) is 39.0 Å². The van der Waals surface area contributed by atoms with E-state index >= 15 is 0 Å². The highest BCUT2D eigenvalue weighted by Gasteiger charge is 2.21. The molecule has 0 heterocycles. The van der Waals surface area contributed by atoms with Gasteiger partial charge in [-0.3, -0.25) is 4.72 Å². The number of benzene rings is 1. The summed E-state index contributed by atoms with van der Waals surface area (Å²) in [5, 5.41) is 0. The van der Waals surface area contributed by atoms with Gasteiger partial charge in [-0.25, -0.2) is 8.42 Å². The van der Waals surface area contributed by atoms with Crippen molar-refractivity contribution >= 4 is 15.7 Å². The van der Waals surface area contributed by atoms with Crippen LogP contribution in [0.5, 0.6) is 0 Å². The molecule has 0 saturated heterocycles. The van der Waals surface area contributed by atoms with Crippen molar-refractivity contribution in [3.05, 3.63) is 30.3 Å². The van der Waals surface area contributed by atoms with E-state index in [2.05, 4.69) is 4.72 Å². The number of para-hydroxylation sites is 1. The Kier molecular flexibility index (Phi) is 3.39. The first kappa shape index (κ1) is 12.0. The maximum Gasteiger partial charge on any atom is 0.233 e. The highest BCUT2D eigenvalue weighted by molar-refractivity contribution is 7.92. The smallest absolute Gasteiger partial charge is 0.233 e. The second-order valence-corrected chi connectivity index (χ2v) is 6.51.